The molecule has 1 rings (SSSR count). The molecule has 12 heavy (non-hydrogen) atoms. The number of hydrogen-bond donors (Lipinski definition) is 0. The maximum atomic E-state index is 10.1. The van der Waals surface area contributed by atoms with Gasteiger partial charge in [0.1, 0.15) is 0 Å². The molecule has 5 nitrogen and oxygen atoms in total. The van der Waals surface area contributed by atoms with Crippen molar-refractivity contribution in [1.29, 1.82) is 0 Å². The van der Waals surface area contributed by atoms with Crippen LogP contribution < -0.4 is 0 Å². The minimum Gasteiger partial charge on any atom is -0.378 e. The van der Waals surface area contributed by atoms with Crippen LogP contribution in [0, 0.1) is 10.1 Å². The van der Waals surface area contributed by atoms with Gasteiger partial charge in [0.25, 0.3) is 6.20 Å². The van der Waals surface area contributed by atoms with Gasteiger partial charge < -0.3 is 9.64 Å². The van der Waals surface area contributed by atoms with E-state index in [1.807, 2.05) is 4.90 Å². The second-order valence-electron chi connectivity index (χ2n) is 2.66. The van der Waals surface area contributed by atoms with Gasteiger partial charge >= 0.3 is 0 Å². The van der Waals surface area contributed by atoms with Gasteiger partial charge in [-0.25, -0.2) is 0 Å². The standard InChI is InChI=1S/C7H12N2O3/c1-7(6-9(10)11)8-2-4-12-5-3-8/h6H,2-5H2,1H3. The molecule has 0 radical (unpaired) electrons. The van der Waals surface area contributed by atoms with E-state index in [1.165, 1.54) is 0 Å². The lowest BCUT2D eigenvalue weighted by Gasteiger charge is -2.27. The van der Waals surface area contributed by atoms with Gasteiger partial charge in [0.05, 0.1) is 23.8 Å². The second kappa shape index (κ2) is 4.06. The van der Waals surface area contributed by atoms with Crippen molar-refractivity contribution in [2.45, 2.75) is 6.92 Å². The normalized spacial score (nSPS) is 19.4. The monoisotopic (exact) mass is 172 g/mol. The number of hydrogen-bond acceptors (Lipinski definition) is 4. The zero-order valence-corrected chi connectivity index (χ0v) is 7.02. The number of rotatable bonds is 2. The molecule has 1 aliphatic heterocycles. The first-order valence-corrected chi connectivity index (χ1v) is 3.85. The second-order valence-corrected chi connectivity index (χ2v) is 2.66. The summed E-state index contributed by atoms with van der Waals surface area (Å²) in [5, 5.41) is 10.1. The van der Waals surface area contributed by atoms with Crippen LogP contribution in [0.25, 0.3) is 0 Å². The van der Waals surface area contributed by atoms with Crippen LogP contribution in [0.5, 0.6) is 0 Å². The Morgan fingerprint density at radius 1 is 1.58 bits per heavy atom. The topological polar surface area (TPSA) is 55.6 Å². The molecule has 0 aliphatic carbocycles. The quantitative estimate of drug-likeness (QED) is 0.448. The highest BCUT2D eigenvalue weighted by Gasteiger charge is 2.12. The summed E-state index contributed by atoms with van der Waals surface area (Å²) in [6, 6.07) is 0. The smallest absolute Gasteiger partial charge is 0.253 e. The van der Waals surface area contributed by atoms with Gasteiger partial charge in [-0.15, -0.1) is 0 Å². The fraction of sp³-hybridized carbons (Fsp3) is 0.714. The van der Waals surface area contributed by atoms with Gasteiger partial charge in [0.15, 0.2) is 0 Å². The number of nitrogens with zero attached hydrogens (tertiary/aromatic N) is 2. The molecule has 0 atom stereocenters. The molecular weight excluding hydrogens is 160 g/mol. The van der Waals surface area contributed by atoms with Crippen molar-refractivity contribution in [3.05, 3.63) is 22.0 Å². The molecule has 0 unspecified atom stereocenters. The summed E-state index contributed by atoms with van der Waals surface area (Å²) in [6.07, 6.45) is 1.03. The fourth-order valence-electron chi connectivity index (χ4n) is 1.15. The molecule has 1 fully saturated rings. The predicted octanol–water partition coefficient (Wildman–Crippen LogP) is 0.457. The summed E-state index contributed by atoms with van der Waals surface area (Å²) in [5.41, 5.74) is 0.698. The largest absolute Gasteiger partial charge is 0.378 e. The van der Waals surface area contributed by atoms with Gasteiger partial charge in [0.2, 0.25) is 0 Å². The van der Waals surface area contributed by atoms with Crippen molar-refractivity contribution in [2.24, 2.45) is 0 Å². The lowest BCUT2D eigenvalue weighted by atomic mass is 10.3. The van der Waals surface area contributed by atoms with Crippen LogP contribution in [0.4, 0.5) is 0 Å². The Morgan fingerprint density at radius 2 is 2.17 bits per heavy atom. The van der Waals surface area contributed by atoms with E-state index >= 15 is 0 Å². The zero-order chi connectivity index (χ0) is 8.97. The van der Waals surface area contributed by atoms with Crippen molar-refractivity contribution in [3.8, 4) is 0 Å². The first-order chi connectivity index (χ1) is 5.70. The Morgan fingerprint density at radius 3 is 2.67 bits per heavy atom. The molecule has 1 aliphatic rings. The van der Waals surface area contributed by atoms with E-state index < -0.39 is 4.92 Å². The lowest BCUT2D eigenvalue weighted by molar-refractivity contribution is -0.404. The molecule has 5 heteroatoms. The third-order valence-corrected chi connectivity index (χ3v) is 1.80. The van der Waals surface area contributed by atoms with Crippen LogP contribution in [-0.4, -0.2) is 36.1 Å². The highest BCUT2D eigenvalue weighted by Crippen LogP contribution is 2.05. The molecule has 68 valence electrons. The molecule has 1 saturated heterocycles. The molecule has 0 amide bonds. The van der Waals surface area contributed by atoms with Crippen molar-refractivity contribution >= 4 is 0 Å². The summed E-state index contributed by atoms with van der Waals surface area (Å²) < 4.78 is 5.12. The van der Waals surface area contributed by atoms with E-state index in [1.54, 1.807) is 6.92 Å². The van der Waals surface area contributed by atoms with E-state index in [0.29, 0.717) is 18.9 Å². The van der Waals surface area contributed by atoms with E-state index in [0.717, 1.165) is 19.3 Å². The van der Waals surface area contributed by atoms with Crippen LogP contribution in [0.2, 0.25) is 0 Å². The Balaban J connectivity index is 2.49. The summed E-state index contributed by atoms with van der Waals surface area (Å²) in [7, 11) is 0. The minimum atomic E-state index is -0.426. The minimum absolute atomic E-state index is 0.426. The Hall–Kier alpha value is -1.10. The third kappa shape index (κ3) is 2.50. The van der Waals surface area contributed by atoms with Crippen molar-refractivity contribution < 1.29 is 9.66 Å². The molecule has 0 saturated carbocycles. The van der Waals surface area contributed by atoms with Crippen molar-refractivity contribution in [3.63, 3.8) is 0 Å². The molecule has 0 aromatic rings. The summed E-state index contributed by atoms with van der Waals surface area (Å²) >= 11 is 0. The summed E-state index contributed by atoms with van der Waals surface area (Å²) in [6.45, 7) is 4.55. The molecule has 0 bridgehead atoms. The molecule has 0 spiro atoms. The van der Waals surface area contributed by atoms with Crippen LogP contribution in [0.15, 0.2) is 11.9 Å². The van der Waals surface area contributed by atoms with Crippen LogP contribution >= 0.6 is 0 Å². The van der Waals surface area contributed by atoms with E-state index in [2.05, 4.69) is 0 Å². The Bertz CT molecular complexity index is 197. The Kier molecular flexibility index (Phi) is 3.04. The first-order valence-electron chi connectivity index (χ1n) is 3.85. The summed E-state index contributed by atoms with van der Waals surface area (Å²) in [4.78, 5) is 11.6. The van der Waals surface area contributed by atoms with Gasteiger partial charge in [-0.05, 0) is 6.92 Å². The molecule has 0 N–H and O–H groups in total. The molecule has 1 heterocycles. The maximum Gasteiger partial charge on any atom is 0.253 e. The van der Waals surface area contributed by atoms with Crippen molar-refractivity contribution in [2.75, 3.05) is 26.3 Å². The number of ether oxygens (including phenoxy) is 1. The van der Waals surface area contributed by atoms with E-state index in [-0.39, 0.29) is 0 Å². The number of nitro groups is 1. The fourth-order valence-corrected chi connectivity index (χ4v) is 1.15. The number of allylic oxidation sites excluding steroid dienone is 1. The lowest BCUT2D eigenvalue weighted by Crippen LogP contribution is -2.35. The highest BCUT2D eigenvalue weighted by molar-refractivity contribution is 4.93. The van der Waals surface area contributed by atoms with Gasteiger partial charge in [0, 0.05) is 13.1 Å². The maximum absolute atomic E-state index is 10.1. The van der Waals surface area contributed by atoms with Crippen LogP contribution in [0.1, 0.15) is 6.92 Å². The van der Waals surface area contributed by atoms with Gasteiger partial charge in [-0.1, -0.05) is 0 Å². The third-order valence-electron chi connectivity index (χ3n) is 1.80. The van der Waals surface area contributed by atoms with E-state index in [9.17, 15) is 10.1 Å². The number of morpholine rings is 1. The highest BCUT2D eigenvalue weighted by atomic mass is 16.6. The van der Waals surface area contributed by atoms with Gasteiger partial charge in [-0.3, -0.25) is 10.1 Å². The van der Waals surface area contributed by atoms with E-state index in [4.69, 9.17) is 4.74 Å². The summed E-state index contributed by atoms with van der Waals surface area (Å²) in [5.74, 6) is 0. The average molecular weight is 172 g/mol. The van der Waals surface area contributed by atoms with Crippen LogP contribution in [-0.2, 0) is 4.74 Å². The van der Waals surface area contributed by atoms with Gasteiger partial charge in [-0.2, -0.15) is 0 Å². The SMILES string of the molecule is CC(=C[N+](=O)[O-])N1CCOCC1. The zero-order valence-electron chi connectivity index (χ0n) is 7.02. The van der Waals surface area contributed by atoms with Crippen LogP contribution in [0.3, 0.4) is 0 Å². The molecular formula is C7H12N2O3. The first kappa shape index (κ1) is 8.99. The average Bonchev–Trinajstić information content (AvgIpc) is 2.05. The van der Waals surface area contributed by atoms with Crippen molar-refractivity contribution in [1.82, 2.24) is 4.90 Å². The molecule has 0 aromatic heterocycles. The predicted molar refractivity (Wildman–Crippen MR) is 43.1 cm³/mol. The molecule has 0 aromatic carbocycles. The Labute approximate surface area is 70.8 Å².